The Morgan fingerprint density at radius 2 is 2.00 bits per heavy atom. The average molecular weight is 324 g/mol. The van der Waals surface area contributed by atoms with Gasteiger partial charge in [0, 0.05) is 24.6 Å². The van der Waals surface area contributed by atoms with Gasteiger partial charge in [0.15, 0.2) is 11.9 Å². The number of ether oxygens (including phenoxy) is 2. The van der Waals surface area contributed by atoms with Crippen molar-refractivity contribution in [2.24, 2.45) is 0 Å². The minimum absolute atomic E-state index is 0.0140. The highest BCUT2D eigenvalue weighted by Gasteiger charge is 2.46. The van der Waals surface area contributed by atoms with Gasteiger partial charge in [-0.3, -0.25) is 23.9 Å². The van der Waals surface area contributed by atoms with E-state index in [1.807, 2.05) is 0 Å². The summed E-state index contributed by atoms with van der Waals surface area (Å²) < 4.78 is 11.7. The number of Topliss-reactive ketones (excluding diaryl/α,β-unsaturated/α-hetero) is 1. The number of aliphatic hydroxyl groups is 1. The fourth-order valence-corrected chi connectivity index (χ4v) is 2.80. The molecule has 23 heavy (non-hydrogen) atoms. The number of aromatic nitrogens is 2. The van der Waals surface area contributed by atoms with Gasteiger partial charge in [0.1, 0.15) is 12.3 Å². The smallest absolute Gasteiger partial charge is 0.330 e. The van der Waals surface area contributed by atoms with Crippen LogP contribution in [0.3, 0.4) is 0 Å². The highest BCUT2D eigenvalue weighted by molar-refractivity contribution is 5.91. The second-order valence-electron chi connectivity index (χ2n) is 5.71. The van der Waals surface area contributed by atoms with Crippen LogP contribution < -0.4 is 11.2 Å². The van der Waals surface area contributed by atoms with E-state index in [1.54, 1.807) is 0 Å². The van der Waals surface area contributed by atoms with E-state index in [9.17, 15) is 24.3 Å². The number of nitrogens with one attached hydrogen (secondary N) is 1. The fraction of sp³-hybridized carbons (Fsp3) is 0.571. The first kappa shape index (κ1) is 15.6. The van der Waals surface area contributed by atoms with Gasteiger partial charge in [-0.15, -0.1) is 0 Å². The van der Waals surface area contributed by atoms with Crippen molar-refractivity contribution in [3.05, 3.63) is 32.6 Å². The number of hydrogen-bond donors (Lipinski definition) is 2. The highest BCUT2D eigenvalue weighted by atomic mass is 16.6. The number of aromatic amines is 1. The molecule has 1 unspecified atom stereocenters. The van der Waals surface area contributed by atoms with Crippen molar-refractivity contribution >= 4 is 11.8 Å². The van der Waals surface area contributed by atoms with Gasteiger partial charge in [0.25, 0.3) is 5.56 Å². The van der Waals surface area contributed by atoms with Crippen molar-refractivity contribution in [3.8, 4) is 0 Å². The van der Waals surface area contributed by atoms with Crippen LogP contribution in [0, 0.1) is 6.92 Å². The lowest BCUT2D eigenvalue weighted by atomic mass is 9.99. The van der Waals surface area contributed by atoms with Crippen molar-refractivity contribution in [1.29, 1.82) is 0 Å². The summed E-state index contributed by atoms with van der Waals surface area (Å²) in [5.41, 5.74) is -0.866. The molecule has 0 radical (unpaired) electrons. The van der Waals surface area contributed by atoms with Gasteiger partial charge in [-0.25, -0.2) is 4.79 Å². The van der Waals surface area contributed by atoms with E-state index in [0.29, 0.717) is 5.56 Å². The number of ketones is 1. The molecule has 2 aliphatic rings. The van der Waals surface area contributed by atoms with Gasteiger partial charge in [-0.2, -0.15) is 0 Å². The molecule has 2 N–H and O–H groups in total. The van der Waals surface area contributed by atoms with Crippen LogP contribution in [-0.2, 0) is 19.1 Å². The average Bonchev–Trinajstić information content (AvgIpc) is 2.87. The molecule has 3 heterocycles. The summed E-state index contributed by atoms with van der Waals surface area (Å²) in [4.78, 5) is 48.7. The highest BCUT2D eigenvalue weighted by Crippen LogP contribution is 2.32. The number of aliphatic hydroxyl groups excluding tert-OH is 1. The molecule has 124 valence electrons. The van der Waals surface area contributed by atoms with E-state index in [-0.39, 0.29) is 25.0 Å². The Bertz CT molecular complexity index is 765. The number of carbonyl (C=O) groups is 2. The van der Waals surface area contributed by atoms with Gasteiger partial charge in [0.05, 0.1) is 12.5 Å². The Morgan fingerprint density at radius 3 is 2.74 bits per heavy atom. The van der Waals surface area contributed by atoms with Crippen LogP contribution in [0.15, 0.2) is 15.8 Å². The quantitative estimate of drug-likeness (QED) is 0.652. The number of H-pyrrole nitrogens is 1. The second kappa shape index (κ2) is 5.74. The van der Waals surface area contributed by atoms with E-state index in [4.69, 9.17) is 9.47 Å². The van der Waals surface area contributed by atoms with Gasteiger partial charge in [0.2, 0.25) is 0 Å². The van der Waals surface area contributed by atoms with E-state index < -0.39 is 41.8 Å². The molecule has 9 nitrogen and oxygen atoms in total. The third-order valence-corrected chi connectivity index (χ3v) is 4.04. The lowest BCUT2D eigenvalue weighted by Gasteiger charge is -2.27. The lowest BCUT2D eigenvalue weighted by molar-refractivity contribution is -0.175. The third kappa shape index (κ3) is 2.84. The predicted molar refractivity (Wildman–Crippen MR) is 74.7 cm³/mol. The molecule has 9 heteroatoms. The van der Waals surface area contributed by atoms with Crippen molar-refractivity contribution < 1.29 is 24.2 Å². The Labute approximate surface area is 129 Å². The van der Waals surface area contributed by atoms with Crippen molar-refractivity contribution in [1.82, 2.24) is 9.55 Å². The standard InChI is InChI=1S/C14H16N2O7/c1-6-5-16(14(21)15-13(6)20)9-4-8(18)12(22-9)11-7(17)2-3-10(19)23-11/h5,8-9,11-12,18H,2-4H2,1H3,(H,15,20,21)/t8-,9+,11?,12-/m0/s1. The van der Waals surface area contributed by atoms with Crippen molar-refractivity contribution in [3.63, 3.8) is 0 Å². The van der Waals surface area contributed by atoms with Crippen LogP contribution in [0.4, 0.5) is 0 Å². The molecule has 2 aliphatic heterocycles. The van der Waals surface area contributed by atoms with Gasteiger partial charge < -0.3 is 14.6 Å². The van der Waals surface area contributed by atoms with Gasteiger partial charge >= 0.3 is 11.7 Å². The lowest BCUT2D eigenvalue weighted by Crippen LogP contribution is -2.46. The Balaban J connectivity index is 1.85. The van der Waals surface area contributed by atoms with Crippen LogP contribution in [0.25, 0.3) is 0 Å². The molecule has 2 saturated heterocycles. The summed E-state index contributed by atoms with van der Waals surface area (Å²) in [7, 11) is 0. The number of nitrogens with zero attached hydrogens (tertiary/aromatic N) is 1. The largest absolute Gasteiger partial charge is 0.451 e. The van der Waals surface area contributed by atoms with Crippen molar-refractivity contribution in [2.45, 2.75) is 50.7 Å². The summed E-state index contributed by atoms with van der Waals surface area (Å²) in [6.07, 6.45) is -2.71. The number of carbonyl (C=O) groups excluding carboxylic acids is 2. The number of rotatable bonds is 2. The molecular formula is C14H16N2O7. The van der Waals surface area contributed by atoms with Crippen LogP contribution in [-0.4, -0.2) is 44.7 Å². The van der Waals surface area contributed by atoms with Crippen LogP contribution >= 0.6 is 0 Å². The first-order valence-electron chi connectivity index (χ1n) is 7.24. The molecule has 1 aromatic heterocycles. The molecule has 1 aromatic rings. The molecule has 2 fully saturated rings. The first-order chi connectivity index (χ1) is 10.9. The van der Waals surface area contributed by atoms with E-state index in [0.717, 1.165) is 4.57 Å². The maximum absolute atomic E-state index is 11.9. The first-order valence-corrected chi connectivity index (χ1v) is 7.24. The van der Waals surface area contributed by atoms with Crippen LogP contribution in [0.5, 0.6) is 0 Å². The number of cyclic esters (lactones) is 1. The molecular weight excluding hydrogens is 308 g/mol. The van der Waals surface area contributed by atoms with Gasteiger partial charge in [-0.05, 0) is 6.92 Å². The number of esters is 1. The summed E-state index contributed by atoms with van der Waals surface area (Å²) in [5.74, 6) is -0.842. The second-order valence-corrected chi connectivity index (χ2v) is 5.71. The Morgan fingerprint density at radius 1 is 1.26 bits per heavy atom. The monoisotopic (exact) mass is 324 g/mol. The maximum atomic E-state index is 11.9. The van der Waals surface area contributed by atoms with E-state index in [2.05, 4.69) is 4.98 Å². The van der Waals surface area contributed by atoms with E-state index in [1.165, 1.54) is 13.1 Å². The summed E-state index contributed by atoms with van der Waals surface area (Å²) in [5, 5.41) is 10.1. The Kier molecular flexibility index (Phi) is 3.90. The molecule has 0 spiro atoms. The number of hydrogen-bond acceptors (Lipinski definition) is 7. The molecule has 0 aromatic carbocycles. The van der Waals surface area contributed by atoms with Crippen LogP contribution in [0.2, 0.25) is 0 Å². The molecule has 0 aliphatic carbocycles. The predicted octanol–water partition coefficient (Wildman–Crippen LogP) is -1.23. The maximum Gasteiger partial charge on any atom is 0.330 e. The summed E-state index contributed by atoms with van der Waals surface area (Å²) >= 11 is 0. The molecule has 4 atom stereocenters. The zero-order chi connectivity index (χ0) is 16.7. The summed E-state index contributed by atoms with van der Waals surface area (Å²) in [6.45, 7) is 1.53. The van der Waals surface area contributed by atoms with E-state index >= 15 is 0 Å². The normalized spacial score (nSPS) is 31.2. The molecule has 3 rings (SSSR count). The fourth-order valence-electron chi connectivity index (χ4n) is 2.80. The molecule has 0 bridgehead atoms. The Hall–Kier alpha value is -2.26. The summed E-state index contributed by atoms with van der Waals surface area (Å²) in [6, 6.07) is 0. The molecule has 0 amide bonds. The SMILES string of the molecule is Cc1cn([C@H]2C[C@H](O)[C@@H](C3OC(=O)CCC3=O)O2)c(=O)[nH]c1=O. The van der Waals surface area contributed by atoms with Crippen molar-refractivity contribution in [2.75, 3.05) is 0 Å². The number of aryl methyl sites for hydroxylation is 1. The van der Waals surface area contributed by atoms with Crippen LogP contribution in [0.1, 0.15) is 31.1 Å². The topological polar surface area (TPSA) is 128 Å². The third-order valence-electron chi connectivity index (χ3n) is 4.04. The zero-order valence-electron chi connectivity index (χ0n) is 12.4. The minimum atomic E-state index is -1.17. The van der Waals surface area contributed by atoms with Gasteiger partial charge in [-0.1, -0.05) is 0 Å². The minimum Gasteiger partial charge on any atom is -0.451 e. The molecule has 0 saturated carbocycles. The zero-order valence-corrected chi connectivity index (χ0v) is 12.4.